The highest BCUT2D eigenvalue weighted by molar-refractivity contribution is 7.98. The van der Waals surface area contributed by atoms with Gasteiger partial charge in [0, 0.05) is 17.1 Å². The van der Waals surface area contributed by atoms with Crippen molar-refractivity contribution < 1.29 is 9.53 Å². The molecule has 1 amide bonds. The number of nitrogens with one attached hydrogen (secondary N) is 2. The number of hydrogen-bond donors (Lipinski definition) is 2. The number of fused-ring (bicyclic) bond motifs is 1. The van der Waals surface area contributed by atoms with E-state index in [2.05, 4.69) is 79.9 Å². The Balaban J connectivity index is 1.48. The number of aromatic nitrogens is 3. The minimum absolute atomic E-state index is 0.196. The molecule has 0 aliphatic carbocycles. The third-order valence-corrected chi connectivity index (χ3v) is 7.70. The number of hydrogen-bond acceptors (Lipinski definition) is 6. The van der Waals surface area contributed by atoms with Crippen LogP contribution in [-0.2, 0) is 10.5 Å². The Bertz CT molecular complexity index is 1510. The summed E-state index contributed by atoms with van der Waals surface area (Å²) in [5.41, 5.74) is 6.69. The first-order valence-electron chi connectivity index (χ1n) is 13.0. The predicted molar refractivity (Wildman–Crippen MR) is 157 cm³/mol. The lowest BCUT2D eigenvalue weighted by molar-refractivity contribution is -0.113. The first-order valence-corrected chi connectivity index (χ1v) is 14.0. The average molecular weight is 540 g/mol. The summed E-state index contributed by atoms with van der Waals surface area (Å²) in [6.07, 6.45) is 0. The molecule has 0 spiro atoms. The number of carbonyl (C=O) groups is 1. The highest BCUT2D eigenvalue weighted by Gasteiger charge is 2.34. The molecule has 2 heterocycles. The van der Waals surface area contributed by atoms with Gasteiger partial charge in [-0.3, -0.25) is 4.79 Å². The largest absolute Gasteiger partial charge is 0.497 e. The van der Waals surface area contributed by atoms with Crippen LogP contribution in [0.25, 0.3) is 0 Å². The van der Waals surface area contributed by atoms with Crippen molar-refractivity contribution in [2.45, 2.75) is 50.6 Å². The molecule has 8 heteroatoms. The van der Waals surface area contributed by atoms with E-state index in [1.54, 1.807) is 18.9 Å². The molecule has 200 valence electrons. The van der Waals surface area contributed by atoms with E-state index in [-0.39, 0.29) is 5.91 Å². The van der Waals surface area contributed by atoms with Crippen LogP contribution in [0.5, 0.6) is 5.75 Å². The zero-order valence-corrected chi connectivity index (χ0v) is 23.7. The molecular formula is C31H33N5O2S. The zero-order chi connectivity index (χ0) is 27.5. The fourth-order valence-electron chi connectivity index (χ4n) is 4.68. The highest BCUT2D eigenvalue weighted by Crippen LogP contribution is 2.37. The van der Waals surface area contributed by atoms with Crippen molar-refractivity contribution in [3.8, 4) is 5.75 Å². The molecule has 0 bridgehead atoms. The van der Waals surface area contributed by atoms with Gasteiger partial charge in [-0.15, -0.1) is 5.10 Å². The van der Waals surface area contributed by atoms with Crippen LogP contribution < -0.4 is 15.4 Å². The number of allylic oxidation sites excluding steroid dienone is 1. The lowest BCUT2D eigenvalue weighted by Gasteiger charge is -2.29. The number of thioether (sulfide) groups is 1. The van der Waals surface area contributed by atoms with Crippen molar-refractivity contribution in [3.05, 3.63) is 106 Å². The second kappa shape index (κ2) is 11.4. The van der Waals surface area contributed by atoms with Gasteiger partial charge < -0.3 is 15.4 Å². The molecular weight excluding hydrogens is 506 g/mol. The van der Waals surface area contributed by atoms with Crippen LogP contribution in [0.3, 0.4) is 0 Å². The maximum absolute atomic E-state index is 13.7. The molecule has 0 saturated heterocycles. The third kappa shape index (κ3) is 5.86. The molecule has 1 aliphatic rings. The van der Waals surface area contributed by atoms with Crippen molar-refractivity contribution in [3.63, 3.8) is 0 Å². The molecule has 7 nitrogen and oxygen atoms in total. The van der Waals surface area contributed by atoms with Crippen molar-refractivity contribution in [1.29, 1.82) is 0 Å². The van der Waals surface area contributed by atoms with E-state index >= 15 is 0 Å². The van der Waals surface area contributed by atoms with Gasteiger partial charge in [0.2, 0.25) is 11.1 Å². The molecule has 4 aromatic rings. The van der Waals surface area contributed by atoms with Gasteiger partial charge in [0.15, 0.2) is 0 Å². The summed E-state index contributed by atoms with van der Waals surface area (Å²) >= 11 is 1.58. The van der Waals surface area contributed by atoms with Crippen molar-refractivity contribution in [2.24, 2.45) is 0 Å². The average Bonchev–Trinajstić information content (AvgIpc) is 3.34. The summed E-state index contributed by atoms with van der Waals surface area (Å²) in [6, 6.07) is 23.7. The molecule has 3 aromatic carbocycles. The number of methoxy groups -OCH3 is 1. The Morgan fingerprint density at radius 2 is 1.82 bits per heavy atom. The maximum atomic E-state index is 13.7. The quantitative estimate of drug-likeness (QED) is 0.236. The maximum Gasteiger partial charge on any atom is 0.255 e. The van der Waals surface area contributed by atoms with Crippen LogP contribution in [0, 0.1) is 6.92 Å². The number of rotatable bonds is 8. The van der Waals surface area contributed by atoms with Crippen molar-refractivity contribution >= 4 is 29.3 Å². The zero-order valence-electron chi connectivity index (χ0n) is 22.9. The number of anilines is 2. The molecule has 5 rings (SSSR count). The van der Waals surface area contributed by atoms with Gasteiger partial charge in [0.1, 0.15) is 11.8 Å². The molecule has 0 fully saturated rings. The number of ether oxygens (including phenoxy) is 1. The van der Waals surface area contributed by atoms with Crippen LogP contribution >= 0.6 is 11.8 Å². The Morgan fingerprint density at radius 3 is 2.49 bits per heavy atom. The van der Waals surface area contributed by atoms with Gasteiger partial charge in [-0.2, -0.15) is 4.98 Å². The third-order valence-electron chi connectivity index (χ3n) is 6.79. The molecule has 2 N–H and O–H groups in total. The Hall–Kier alpha value is -4.04. The van der Waals surface area contributed by atoms with Gasteiger partial charge in [0.05, 0.1) is 12.7 Å². The smallest absolute Gasteiger partial charge is 0.255 e. The normalized spacial score (nSPS) is 14.7. The molecule has 1 aromatic heterocycles. The Kier molecular flexibility index (Phi) is 7.74. The standard InChI is InChI=1S/C31H33N5O2S/c1-19(2)23-9-11-24(12-10-23)28-27(29(37)33-25-13-15-26(38-5)16-14-25)21(4)32-30-34-31(35-36(28)30)39-18-22-8-6-7-20(3)17-22/h6-17,19,28H,18H2,1-5H3,(H,33,37)(H,32,34,35). The van der Waals surface area contributed by atoms with Crippen molar-refractivity contribution in [2.75, 3.05) is 17.7 Å². The molecule has 1 atom stereocenters. The van der Waals surface area contributed by atoms with E-state index < -0.39 is 6.04 Å². The fourth-order valence-corrected chi connectivity index (χ4v) is 5.45. The predicted octanol–water partition coefficient (Wildman–Crippen LogP) is 6.94. The summed E-state index contributed by atoms with van der Waals surface area (Å²) in [5.74, 6) is 2.33. The number of amides is 1. The van der Waals surface area contributed by atoms with Crippen LogP contribution in [0.4, 0.5) is 11.6 Å². The monoisotopic (exact) mass is 539 g/mol. The number of benzene rings is 3. The first-order chi connectivity index (χ1) is 18.8. The van der Waals surface area contributed by atoms with Crippen molar-refractivity contribution in [1.82, 2.24) is 14.8 Å². The van der Waals surface area contributed by atoms with E-state index in [0.717, 1.165) is 22.8 Å². The van der Waals surface area contributed by atoms with Crippen LogP contribution in [0.2, 0.25) is 0 Å². The topological polar surface area (TPSA) is 81.1 Å². The van der Waals surface area contributed by atoms with Crippen LogP contribution in [-0.4, -0.2) is 27.8 Å². The van der Waals surface area contributed by atoms with E-state index in [9.17, 15) is 4.79 Å². The SMILES string of the molecule is COc1ccc(NC(=O)C2=C(C)Nc3nc(SCc4cccc(C)c4)nn3C2c2ccc(C(C)C)cc2)cc1. The van der Waals surface area contributed by atoms with Gasteiger partial charge in [-0.25, -0.2) is 4.68 Å². The number of carbonyl (C=O) groups excluding carboxylic acids is 1. The molecule has 0 saturated carbocycles. The molecule has 1 unspecified atom stereocenters. The minimum atomic E-state index is -0.429. The van der Waals surface area contributed by atoms with Gasteiger partial charge in [-0.1, -0.05) is 79.7 Å². The minimum Gasteiger partial charge on any atom is -0.497 e. The van der Waals surface area contributed by atoms with Gasteiger partial charge >= 0.3 is 0 Å². The number of nitrogens with zero attached hydrogens (tertiary/aromatic N) is 3. The second-order valence-electron chi connectivity index (χ2n) is 10.0. The Labute approximate surface area is 233 Å². The number of aryl methyl sites for hydroxylation is 1. The fraction of sp³-hybridized carbons (Fsp3) is 0.258. The van der Waals surface area contributed by atoms with Crippen LogP contribution in [0.1, 0.15) is 55.0 Å². The van der Waals surface area contributed by atoms with E-state index in [1.807, 2.05) is 35.9 Å². The second-order valence-corrected chi connectivity index (χ2v) is 11.0. The molecule has 1 aliphatic heterocycles. The summed E-state index contributed by atoms with van der Waals surface area (Å²) in [5, 5.41) is 11.9. The van der Waals surface area contributed by atoms with Crippen LogP contribution in [0.15, 0.2) is 89.2 Å². The molecule has 0 radical (unpaired) electrons. The summed E-state index contributed by atoms with van der Waals surface area (Å²) in [4.78, 5) is 18.5. The van der Waals surface area contributed by atoms with Gasteiger partial charge in [0.25, 0.3) is 5.91 Å². The van der Waals surface area contributed by atoms with Gasteiger partial charge in [-0.05, 0) is 60.7 Å². The first kappa shape index (κ1) is 26.6. The van der Waals surface area contributed by atoms with E-state index in [0.29, 0.717) is 28.3 Å². The molecule has 39 heavy (non-hydrogen) atoms. The summed E-state index contributed by atoms with van der Waals surface area (Å²) in [7, 11) is 1.62. The Morgan fingerprint density at radius 1 is 1.08 bits per heavy atom. The lowest BCUT2D eigenvalue weighted by atomic mass is 9.93. The van der Waals surface area contributed by atoms with E-state index in [4.69, 9.17) is 14.8 Å². The lowest BCUT2D eigenvalue weighted by Crippen LogP contribution is -2.31. The van der Waals surface area contributed by atoms with E-state index in [1.165, 1.54) is 16.7 Å². The summed E-state index contributed by atoms with van der Waals surface area (Å²) in [6.45, 7) is 8.35. The highest BCUT2D eigenvalue weighted by atomic mass is 32.2. The summed E-state index contributed by atoms with van der Waals surface area (Å²) < 4.78 is 7.08.